The summed E-state index contributed by atoms with van der Waals surface area (Å²) >= 11 is 0. The molecule has 0 aliphatic carbocycles. The van der Waals surface area contributed by atoms with Gasteiger partial charge in [-0.1, -0.05) is 0 Å². The largest absolute Gasteiger partial charge is 0.479 e. The van der Waals surface area contributed by atoms with Crippen molar-refractivity contribution in [1.29, 1.82) is 0 Å². The summed E-state index contributed by atoms with van der Waals surface area (Å²) in [5.41, 5.74) is -0.791. The maximum Gasteiger partial charge on any atom is 0.479 e. The van der Waals surface area contributed by atoms with Gasteiger partial charge in [0.1, 0.15) is 11.5 Å². The van der Waals surface area contributed by atoms with Gasteiger partial charge in [0.25, 0.3) is 0 Å². The molecule has 0 saturated carbocycles. The number of carbonyl (C=O) groups is 1. The van der Waals surface area contributed by atoms with Crippen molar-refractivity contribution in [1.82, 2.24) is 0 Å². The minimum atomic E-state index is -4.71. The van der Waals surface area contributed by atoms with Crippen molar-refractivity contribution in [2.45, 2.75) is 6.42 Å². The van der Waals surface area contributed by atoms with Crippen molar-refractivity contribution in [2.24, 2.45) is 0 Å². The van der Waals surface area contributed by atoms with E-state index in [-0.39, 0.29) is 0 Å². The number of carboxylic acid groups (broad SMARTS) is 1. The Hall–Kier alpha value is -0.820. The Bertz CT molecular complexity index is 449. The van der Waals surface area contributed by atoms with Gasteiger partial charge in [-0.2, -0.15) is 4.67 Å². The molecule has 18 heavy (non-hydrogen) atoms. The lowest BCUT2D eigenvalue weighted by molar-refractivity contribution is -0.145. The smallest absolute Gasteiger partial charge is 0.477 e. The summed E-state index contributed by atoms with van der Waals surface area (Å²) in [6, 6.07) is 0. The van der Waals surface area contributed by atoms with Gasteiger partial charge in [0.05, 0.1) is 6.16 Å². The fraction of sp³-hybridized carbons (Fsp3) is 0.500. The van der Waals surface area contributed by atoms with Crippen molar-refractivity contribution in [3.05, 3.63) is 5.57 Å². The molecule has 12 heteroatoms. The molecule has 3 N–H and O–H groups in total. The number of phosphoric ester groups is 1. The molecule has 0 bridgehead atoms. The van der Waals surface area contributed by atoms with E-state index in [4.69, 9.17) is 15.3 Å². The zero-order chi connectivity index (χ0) is 14.4. The molecule has 0 amide bonds. The quantitative estimate of drug-likeness (QED) is 0.191. The molecule has 2 unspecified atom stereocenters. The summed E-state index contributed by atoms with van der Waals surface area (Å²) in [7, 11) is -8.42. The van der Waals surface area contributed by atoms with Crippen LogP contribution in [-0.2, 0) is 32.2 Å². The van der Waals surface area contributed by atoms with Crippen LogP contribution < -0.4 is 0 Å². The molecule has 0 radical (unpaired) electrons. The molecule has 0 rings (SSSR count). The lowest BCUT2D eigenvalue weighted by atomic mass is 10.2. The molecular formula is C6H10O10P2. The normalized spacial score (nSPS) is 17.3. The van der Waals surface area contributed by atoms with Crippen molar-refractivity contribution < 1.29 is 47.5 Å². The summed E-state index contributed by atoms with van der Waals surface area (Å²) < 4.78 is 33.9. The minimum Gasteiger partial charge on any atom is -0.477 e. The third-order valence-electron chi connectivity index (χ3n) is 1.60. The number of hydrogen-bond donors (Lipinski definition) is 3. The van der Waals surface area contributed by atoms with Gasteiger partial charge in [-0.05, 0) is 0 Å². The SMILES string of the molecule is COP(=O)(O)OP(=O)(CCC(=C=O)C(=O)O)OO. The zero-order valence-corrected chi connectivity index (χ0v) is 10.8. The fourth-order valence-corrected chi connectivity index (χ4v) is 3.29. The first-order chi connectivity index (χ1) is 8.19. The second-order valence-electron chi connectivity index (χ2n) is 2.78. The van der Waals surface area contributed by atoms with E-state index in [0.717, 1.165) is 13.1 Å². The number of phosphoric acid groups is 1. The zero-order valence-electron chi connectivity index (χ0n) is 9.01. The lowest BCUT2D eigenvalue weighted by Crippen LogP contribution is -2.06. The molecule has 0 aromatic heterocycles. The Kier molecular flexibility index (Phi) is 6.62. The average Bonchev–Trinajstić information content (AvgIpc) is 2.29. The predicted octanol–water partition coefficient (Wildman–Crippen LogP) is 0.665. The van der Waals surface area contributed by atoms with Gasteiger partial charge in [-0.15, -0.1) is 0 Å². The first-order valence-electron chi connectivity index (χ1n) is 4.19. The fourth-order valence-electron chi connectivity index (χ4n) is 0.737. The van der Waals surface area contributed by atoms with E-state index < -0.39 is 39.5 Å². The molecule has 0 aromatic rings. The van der Waals surface area contributed by atoms with Gasteiger partial charge in [-0.3, -0.25) is 9.09 Å². The van der Waals surface area contributed by atoms with Crippen LogP contribution in [0.3, 0.4) is 0 Å². The highest BCUT2D eigenvalue weighted by atomic mass is 31.3. The predicted molar refractivity (Wildman–Crippen MR) is 55.6 cm³/mol. The van der Waals surface area contributed by atoms with Crippen LogP contribution in [0.15, 0.2) is 5.57 Å². The van der Waals surface area contributed by atoms with Gasteiger partial charge in [0.2, 0.25) is 0 Å². The molecule has 0 aliphatic heterocycles. The summed E-state index contributed by atoms with van der Waals surface area (Å²) in [5.74, 6) is -0.552. The monoisotopic (exact) mass is 304 g/mol. The maximum atomic E-state index is 11.6. The van der Waals surface area contributed by atoms with Crippen LogP contribution in [0, 0.1) is 0 Å². The van der Waals surface area contributed by atoms with E-state index in [9.17, 15) is 18.7 Å². The van der Waals surface area contributed by atoms with Crippen molar-refractivity contribution >= 4 is 27.3 Å². The van der Waals surface area contributed by atoms with E-state index in [0.29, 0.717) is 0 Å². The molecule has 0 spiro atoms. The van der Waals surface area contributed by atoms with E-state index in [1.54, 1.807) is 0 Å². The number of carboxylic acids is 1. The summed E-state index contributed by atoms with van der Waals surface area (Å²) in [6.07, 6.45) is -1.48. The van der Waals surface area contributed by atoms with Gasteiger partial charge in [0.15, 0.2) is 0 Å². The van der Waals surface area contributed by atoms with Crippen molar-refractivity contribution in [2.75, 3.05) is 13.3 Å². The number of aliphatic carboxylic acids is 1. The number of hydrogen-bond acceptors (Lipinski definition) is 8. The van der Waals surface area contributed by atoms with Gasteiger partial charge >= 0.3 is 21.4 Å². The number of rotatable bonds is 8. The lowest BCUT2D eigenvalue weighted by Gasteiger charge is -2.16. The first kappa shape index (κ1) is 17.2. The van der Waals surface area contributed by atoms with Crippen LogP contribution in [0.5, 0.6) is 0 Å². The Balaban J connectivity index is 4.80. The molecule has 0 heterocycles. The van der Waals surface area contributed by atoms with Gasteiger partial charge < -0.3 is 10.00 Å². The maximum absolute atomic E-state index is 11.6. The highest BCUT2D eigenvalue weighted by Crippen LogP contribution is 2.62. The average molecular weight is 304 g/mol. The van der Waals surface area contributed by atoms with Crippen LogP contribution in [0.25, 0.3) is 0 Å². The Labute approximate surface area is 101 Å². The van der Waals surface area contributed by atoms with E-state index in [1.807, 2.05) is 0 Å². The topological polar surface area (TPSA) is 157 Å². The van der Waals surface area contributed by atoms with Crippen LogP contribution >= 0.6 is 15.4 Å². The highest BCUT2D eigenvalue weighted by Gasteiger charge is 2.36. The molecular weight excluding hydrogens is 294 g/mol. The molecule has 0 aliphatic rings. The standard InChI is InChI=1S/C6H10O10P2/c1-14-18(12,13)16-17(11,15-10)3-2-5(4-7)6(8)9/h10H,2-3H2,1H3,(H,8,9)(H,12,13). The first-order valence-corrected chi connectivity index (χ1v) is 7.41. The molecule has 104 valence electrons. The van der Waals surface area contributed by atoms with Crippen LogP contribution in [0.2, 0.25) is 0 Å². The molecule has 0 saturated heterocycles. The van der Waals surface area contributed by atoms with Crippen molar-refractivity contribution in [3.63, 3.8) is 0 Å². The second kappa shape index (κ2) is 6.94. The molecule has 2 atom stereocenters. The summed E-state index contributed by atoms with van der Waals surface area (Å²) in [6.45, 7) is 0. The van der Waals surface area contributed by atoms with Crippen LogP contribution in [0.4, 0.5) is 0 Å². The summed E-state index contributed by atoms with van der Waals surface area (Å²) in [4.78, 5) is 29.5. The Morgan fingerprint density at radius 1 is 1.39 bits per heavy atom. The van der Waals surface area contributed by atoms with Gasteiger partial charge in [-0.25, -0.2) is 23.7 Å². The van der Waals surface area contributed by atoms with Gasteiger partial charge in [0, 0.05) is 13.5 Å². The highest BCUT2D eigenvalue weighted by molar-refractivity contribution is 7.64. The van der Waals surface area contributed by atoms with Crippen molar-refractivity contribution in [3.8, 4) is 0 Å². The molecule has 0 aromatic carbocycles. The number of carbonyl (C=O) groups excluding carboxylic acids is 1. The molecule has 0 fully saturated rings. The van der Waals surface area contributed by atoms with E-state index in [2.05, 4.69) is 13.5 Å². The molecule has 10 nitrogen and oxygen atoms in total. The van der Waals surface area contributed by atoms with E-state index >= 15 is 0 Å². The second-order valence-corrected chi connectivity index (χ2v) is 6.57. The third kappa shape index (κ3) is 5.68. The Morgan fingerprint density at radius 3 is 2.28 bits per heavy atom. The summed E-state index contributed by atoms with van der Waals surface area (Å²) in [5, 5.41) is 16.8. The van der Waals surface area contributed by atoms with Crippen LogP contribution in [-0.4, -0.2) is 40.4 Å². The minimum absolute atomic E-state index is 0.652. The van der Waals surface area contributed by atoms with E-state index in [1.165, 1.54) is 0 Å². The third-order valence-corrected chi connectivity index (χ3v) is 4.90. The van der Waals surface area contributed by atoms with Crippen LogP contribution in [0.1, 0.15) is 6.42 Å². The Morgan fingerprint density at radius 2 is 1.94 bits per heavy atom.